The Bertz CT molecular complexity index is 1370. The Morgan fingerprint density at radius 3 is 2.14 bits per heavy atom. The number of benzene rings is 1. The van der Waals surface area contributed by atoms with E-state index < -0.39 is 17.1 Å². The van der Waals surface area contributed by atoms with Gasteiger partial charge in [-0.3, -0.25) is 0 Å². The number of H-pyrrole nitrogens is 1. The van der Waals surface area contributed by atoms with Crippen molar-refractivity contribution in [3.05, 3.63) is 62.9 Å². The van der Waals surface area contributed by atoms with Crippen LogP contribution in [0.5, 0.6) is 0 Å². The molecule has 5 atom stereocenters. The molecule has 1 spiro atoms. The van der Waals surface area contributed by atoms with Crippen molar-refractivity contribution in [1.82, 2.24) is 9.55 Å². The topological polar surface area (TPSA) is 82.6 Å². The van der Waals surface area contributed by atoms with Crippen LogP contribution in [0.15, 0.2) is 46.1 Å². The van der Waals surface area contributed by atoms with E-state index in [0.717, 1.165) is 19.3 Å². The maximum absolute atomic E-state index is 13.5. The van der Waals surface area contributed by atoms with Gasteiger partial charge in [0.25, 0.3) is 0 Å². The van der Waals surface area contributed by atoms with Crippen LogP contribution in [0.3, 0.4) is 0 Å². The van der Waals surface area contributed by atoms with Crippen molar-refractivity contribution in [2.75, 3.05) is 0 Å². The molecule has 11 heteroatoms. The second-order valence-corrected chi connectivity index (χ2v) is 26.4. The van der Waals surface area contributed by atoms with Crippen molar-refractivity contribution in [2.45, 2.75) is 131 Å². The van der Waals surface area contributed by atoms with Crippen LogP contribution in [0.2, 0.25) is 27.0 Å². The summed E-state index contributed by atoms with van der Waals surface area (Å²) in [5.74, 6) is 0. The number of thioether (sulfide) groups is 1. The average Bonchev–Trinajstić information content (AvgIpc) is 3.44. The van der Waals surface area contributed by atoms with E-state index in [1.54, 1.807) is 17.7 Å². The molecule has 2 saturated heterocycles. The Morgan fingerprint density at radius 2 is 1.55 bits per heavy atom. The van der Waals surface area contributed by atoms with E-state index in [-0.39, 0.29) is 75.5 Å². The molecule has 2 aliphatic heterocycles. The van der Waals surface area contributed by atoms with E-state index in [2.05, 4.69) is 90.7 Å². The summed E-state index contributed by atoms with van der Waals surface area (Å²) in [7, 11) is -5.61. The number of aromatic amines is 1. The van der Waals surface area contributed by atoms with Gasteiger partial charge in [0.1, 0.15) is 0 Å². The van der Waals surface area contributed by atoms with E-state index in [0.29, 0.717) is 5.56 Å². The van der Waals surface area contributed by atoms with Crippen LogP contribution in [0.1, 0.15) is 85.6 Å². The summed E-state index contributed by atoms with van der Waals surface area (Å²) in [6.45, 7) is 20.0. The Balaban J connectivity index is 1.75. The van der Waals surface area contributed by atoms with Gasteiger partial charge in [0.05, 0.1) is 0 Å². The van der Waals surface area contributed by atoms with Crippen molar-refractivity contribution in [1.29, 1.82) is 0 Å². The van der Waals surface area contributed by atoms with Gasteiger partial charge < -0.3 is 0 Å². The summed E-state index contributed by atoms with van der Waals surface area (Å²) in [6, 6.07) is 10.6. The maximum atomic E-state index is 13.5. The van der Waals surface area contributed by atoms with Gasteiger partial charge in [0.15, 0.2) is 0 Å². The second-order valence-electron chi connectivity index (χ2n) is 13.5. The van der Waals surface area contributed by atoms with Gasteiger partial charge in [-0.15, -0.1) is 0 Å². The molecule has 232 valence electrons. The number of nitrogens with zero attached hydrogens (tertiary/aromatic N) is 1. The first kappa shape index (κ1) is 32.5. The molecule has 1 N–H and O–H groups in total. The Kier molecular flexibility index (Phi) is 9.37. The fourth-order valence-electron chi connectivity index (χ4n) is 7.38. The van der Waals surface area contributed by atoms with Crippen LogP contribution in [0.25, 0.3) is 0 Å². The summed E-state index contributed by atoms with van der Waals surface area (Å²) in [6.07, 6.45) is 4.66. The third-order valence-electron chi connectivity index (χ3n) is 9.59. The molecule has 3 heterocycles. The normalized spacial score (nSPS) is 30.5. The molecule has 0 bridgehead atoms. The molecule has 3 fully saturated rings. The SMILES string of the molecule is Cc1cn([C@H]2S[C@@]34CCC[C@@H]3O[Si](C(C)C)(C(C)C)O[Si](C(C)C)(C(C)C)O[C@H]4[C@@H]2[Se]c2ccccc2)c(=O)[nH]c1=O. The molecule has 1 saturated carbocycles. The van der Waals surface area contributed by atoms with Gasteiger partial charge in [-0.1, -0.05) is 0 Å². The van der Waals surface area contributed by atoms with Crippen molar-refractivity contribution >= 4 is 48.3 Å². The molecule has 42 heavy (non-hydrogen) atoms. The minimum atomic E-state index is -2.87. The van der Waals surface area contributed by atoms with Crippen LogP contribution in [-0.2, 0) is 13.0 Å². The molecular formula is C31H48N2O5SSeSi2. The number of aromatic nitrogens is 2. The number of hydrogen-bond donors (Lipinski definition) is 1. The van der Waals surface area contributed by atoms with Crippen LogP contribution in [0, 0.1) is 6.92 Å². The van der Waals surface area contributed by atoms with Crippen LogP contribution >= 0.6 is 11.8 Å². The molecule has 0 unspecified atom stereocenters. The standard InChI is InChI=1S/C31H48N2O5SSeSi2/c1-19(2)41(20(3)4)36-25-16-13-17-31(25)27(37-42(38-41,21(5)6)22(7)8)26(40-24-14-11-10-12-15-24)29(39-31)33-18-23(9)28(34)32-30(33)35/h10-12,14-15,18-22,25-27,29H,13,16-17H2,1-9H3,(H,32,34,35)/t25-,26-,27-,29-,31-/m0/s1. The fourth-order valence-corrected chi connectivity index (χ4v) is 24.7. The monoisotopic (exact) mass is 696 g/mol. The van der Waals surface area contributed by atoms with Crippen LogP contribution in [0.4, 0.5) is 0 Å². The minimum absolute atomic E-state index is 0.00161. The molecule has 5 rings (SSSR count). The number of nitrogens with one attached hydrogen (secondary N) is 1. The quantitative estimate of drug-likeness (QED) is 0.350. The third kappa shape index (κ3) is 5.33. The van der Waals surface area contributed by atoms with Gasteiger partial charge in [-0.05, 0) is 0 Å². The zero-order chi connectivity index (χ0) is 30.6. The number of rotatable bonds is 7. The van der Waals surface area contributed by atoms with Gasteiger partial charge in [0.2, 0.25) is 0 Å². The number of hydrogen-bond acceptors (Lipinski definition) is 6. The number of aryl methyl sites for hydroxylation is 1. The first-order valence-corrected chi connectivity index (χ1v) is 22.2. The molecule has 0 amide bonds. The average molecular weight is 696 g/mol. The summed E-state index contributed by atoms with van der Waals surface area (Å²) in [5, 5.41) is -0.180. The summed E-state index contributed by atoms with van der Waals surface area (Å²) in [5.41, 5.74) is 0.881. The molecule has 7 nitrogen and oxygen atoms in total. The molecule has 2 aromatic rings. The summed E-state index contributed by atoms with van der Waals surface area (Å²) in [4.78, 5) is 28.5. The van der Waals surface area contributed by atoms with Crippen LogP contribution < -0.4 is 15.7 Å². The fraction of sp³-hybridized carbons (Fsp3) is 0.677. The molecule has 0 radical (unpaired) electrons. The first-order chi connectivity index (χ1) is 19.8. The summed E-state index contributed by atoms with van der Waals surface area (Å²) < 4.78 is 25.8. The molecule has 1 aromatic heterocycles. The van der Waals surface area contributed by atoms with E-state index in [4.69, 9.17) is 13.0 Å². The predicted molar refractivity (Wildman–Crippen MR) is 178 cm³/mol. The third-order valence-corrected chi connectivity index (χ3v) is 24.9. The first-order valence-electron chi connectivity index (χ1n) is 15.5. The van der Waals surface area contributed by atoms with E-state index in [1.807, 2.05) is 11.8 Å². The van der Waals surface area contributed by atoms with Gasteiger partial charge in [-0.2, -0.15) is 0 Å². The van der Waals surface area contributed by atoms with Gasteiger partial charge in [-0.25, -0.2) is 0 Å². The predicted octanol–water partition coefficient (Wildman–Crippen LogP) is 6.16. The van der Waals surface area contributed by atoms with Gasteiger partial charge in [0, 0.05) is 0 Å². The second kappa shape index (κ2) is 12.1. The van der Waals surface area contributed by atoms with Crippen molar-refractivity contribution < 1.29 is 13.0 Å². The molecule has 3 aliphatic rings. The Hall–Kier alpha value is -0.917. The Labute approximate surface area is 263 Å². The Morgan fingerprint density at radius 1 is 0.952 bits per heavy atom. The zero-order valence-electron chi connectivity index (χ0n) is 26.5. The van der Waals surface area contributed by atoms with Crippen molar-refractivity contribution in [3.63, 3.8) is 0 Å². The van der Waals surface area contributed by atoms with Crippen LogP contribution in [-0.4, -0.2) is 58.6 Å². The van der Waals surface area contributed by atoms with E-state index in [9.17, 15) is 9.59 Å². The van der Waals surface area contributed by atoms with Crippen molar-refractivity contribution in [2.24, 2.45) is 0 Å². The molecule has 1 aromatic carbocycles. The molecular weight excluding hydrogens is 648 g/mol. The van der Waals surface area contributed by atoms with Crippen molar-refractivity contribution in [3.8, 4) is 0 Å². The zero-order valence-corrected chi connectivity index (χ0v) is 31.0. The van der Waals surface area contributed by atoms with E-state index in [1.165, 1.54) is 4.46 Å². The molecule has 1 aliphatic carbocycles. The summed E-state index contributed by atoms with van der Waals surface area (Å²) >= 11 is 1.89. The van der Waals surface area contributed by atoms with Gasteiger partial charge >= 0.3 is 265 Å². The van der Waals surface area contributed by atoms with E-state index >= 15 is 0 Å².